The molecule has 1 heterocycles. The SMILES string of the molecule is CC[C@@H](C)C(=O)O[C@H]1CC(C)=C2C=C[C@](C)(O)[C@@H]2[C@H]2OC(=O)[C@H](C)[C@@H]21. The molecule has 3 rings (SSSR count). The average Bonchev–Trinajstić information content (AvgIpc) is 2.97. The Kier molecular flexibility index (Phi) is 4.56. The van der Waals surface area contributed by atoms with Gasteiger partial charge in [0.1, 0.15) is 12.2 Å². The Bertz CT molecular complexity index is 644. The molecule has 25 heavy (non-hydrogen) atoms. The zero-order chi connectivity index (χ0) is 18.5. The van der Waals surface area contributed by atoms with Crippen LogP contribution >= 0.6 is 0 Å². The van der Waals surface area contributed by atoms with E-state index in [-0.39, 0.29) is 35.6 Å². The minimum atomic E-state index is -1.07. The van der Waals surface area contributed by atoms with Gasteiger partial charge in [-0.2, -0.15) is 0 Å². The number of carbonyl (C=O) groups excluding carboxylic acids is 2. The molecule has 0 aromatic carbocycles. The van der Waals surface area contributed by atoms with Crippen LogP contribution in [0.2, 0.25) is 0 Å². The third-order valence-corrected chi connectivity index (χ3v) is 6.19. The maximum Gasteiger partial charge on any atom is 0.309 e. The Balaban J connectivity index is 1.99. The normalized spacial score (nSPS) is 41.0. The lowest BCUT2D eigenvalue weighted by Crippen LogP contribution is -2.44. The van der Waals surface area contributed by atoms with Crippen LogP contribution in [-0.2, 0) is 19.1 Å². The van der Waals surface area contributed by atoms with Crippen molar-refractivity contribution in [1.29, 1.82) is 0 Å². The van der Waals surface area contributed by atoms with E-state index in [9.17, 15) is 14.7 Å². The van der Waals surface area contributed by atoms with E-state index >= 15 is 0 Å². The number of fused-ring (bicyclic) bond motifs is 3. The van der Waals surface area contributed by atoms with Crippen molar-refractivity contribution in [2.45, 2.75) is 65.3 Å². The summed E-state index contributed by atoms with van der Waals surface area (Å²) in [5.41, 5.74) is 1.02. The molecule has 0 amide bonds. The maximum absolute atomic E-state index is 12.4. The second kappa shape index (κ2) is 6.27. The highest BCUT2D eigenvalue weighted by Gasteiger charge is 2.57. The number of ether oxygens (including phenoxy) is 2. The molecule has 138 valence electrons. The standard InChI is InChI=1S/C20H28O5/c1-6-10(2)18(21)24-14-9-11(3)13-7-8-20(5,23)16(13)17-15(14)12(4)19(22)25-17/h7-8,10,12,14-17,23H,6,9H2,1-5H3/t10-,12-,14+,15-,16+,17+,20+/m1/s1. The first-order valence-electron chi connectivity index (χ1n) is 9.19. The van der Waals surface area contributed by atoms with Gasteiger partial charge in [0.15, 0.2) is 0 Å². The molecule has 0 aromatic heterocycles. The molecule has 1 fully saturated rings. The molecule has 0 spiro atoms. The van der Waals surface area contributed by atoms with Gasteiger partial charge in [0.05, 0.1) is 23.4 Å². The summed E-state index contributed by atoms with van der Waals surface area (Å²) in [6, 6.07) is 0. The minimum Gasteiger partial charge on any atom is -0.461 e. The molecule has 1 N–H and O–H groups in total. The number of hydrogen-bond acceptors (Lipinski definition) is 5. The van der Waals surface area contributed by atoms with E-state index in [0.717, 1.165) is 11.1 Å². The molecule has 1 saturated heterocycles. The smallest absolute Gasteiger partial charge is 0.309 e. The molecule has 0 radical (unpaired) electrons. The molecule has 0 aromatic rings. The molecule has 2 aliphatic carbocycles. The highest BCUT2D eigenvalue weighted by molar-refractivity contribution is 5.76. The van der Waals surface area contributed by atoms with E-state index < -0.39 is 17.8 Å². The van der Waals surface area contributed by atoms with Crippen LogP contribution in [0.4, 0.5) is 0 Å². The monoisotopic (exact) mass is 348 g/mol. The minimum absolute atomic E-state index is 0.175. The van der Waals surface area contributed by atoms with Crippen LogP contribution in [0.1, 0.15) is 47.5 Å². The van der Waals surface area contributed by atoms with Gasteiger partial charge in [0, 0.05) is 12.3 Å². The number of rotatable bonds is 3. The van der Waals surface area contributed by atoms with Crippen molar-refractivity contribution in [1.82, 2.24) is 0 Å². The third kappa shape index (κ3) is 2.92. The zero-order valence-corrected chi connectivity index (χ0v) is 15.6. The molecule has 5 heteroatoms. The summed E-state index contributed by atoms with van der Waals surface area (Å²) in [5.74, 6) is -1.59. The van der Waals surface area contributed by atoms with E-state index in [1.165, 1.54) is 0 Å². The van der Waals surface area contributed by atoms with Crippen molar-refractivity contribution in [2.75, 3.05) is 0 Å². The highest BCUT2D eigenvalue weighted by Crippen LogP contribution is 2.50. The van der Waals surface area contributed by atoms with E-state index in [1.807, 2.05) is 33.8 Å². The van der Waals surface area contributed by atoms with E-state index in [0.29, 0.717) is 12.8 Å². The van der Waals surface area contributed by atoms with Crippen LogP contribution in [-0.4, -0.2) is 34.9 Å². The summed E-state index contributed by atoms with van der Waals surface area (Å²) in [5, 5.41) is 10.8. The number of esters is 2. The van der Waals surface area contributed by atoms with Crippen LogP contribution < -0.4 is 0 Å². The Labute approximate surface area is 149 Å². The first-order chi connectivity index (χ1) is 11.7. The van der Waals surface area contributed by atoms with Gasteiger partial charge in [0.25, 0.3) is 0 Å². The van der Waals surface area contributed by atoms with Crippen molar-refractivity contribution in [3.63, 3.8) is 0 Å². The van der Waals surface area contributed by atoms with E-state index in [1.54, 1.807) is 13.0 Å². The summed E-state index contributed by atoms with van der Waals surface area (Å²) in [6.07, 6.45) is 4.09. The van der Waals surface area contributed by atoms with Gasteiger partial charge in [-0.05, 0) is 25.8 Å². The van der Waals surface area contributed by atoms with Crippen LogP contribution in [0.25, 0.3) is 0 Å². The van der Waals surface area contributed by atoms with E-state index in [2.05, 4.69) is 0 Å². The Morgan fingerprint density at radius 3 is 2.84 bits per heavy atom. The summed E-state index contributed by atoms with van der Waals surface area (Å²) >= 11 is 0. The van der Waals surface area contributed by atoms with Gasteiger partial charge >= 0.3 is 11.9 Å². The van der Waals surface area contributed by atoms with Crippen LogP contribution in [0, 0.1) is 23.7 Å². The van der Waals surface area contributed by atoms with Crippen molar-refractivity contribution in [2.24, 2.45) is 23.7 Å². The fraction of sp³-hybridized carbons (Fsp3) is 0.700. The predicted molar refractivity (Wildman–Crippen MR) is 92.4 cm³/mol. The molecular weight excluding hydrogens is 320 g/mol. The lowest BCUT2D eigenvalue weighted by molar-refractivity contribution is -0.158. The number of hydrogen-bond donors (Lipinski definition) is 1. The first-order valence-corrected chi connectivity index (χ1v) is 9.19. The molecule has 0 saturated carbocycles. The first kappa shape index (κ1) is 18.2. The molecule has 1 aliphatic heterocycles. The second-order valence-corrected chi connectivity index (χ2v) is 8.03. The fourth-order valence-corrected chi connectivity index (χ4v) is 4.39. The third-order valence-electron chi connectivity index (χ3n) is 6.19. The Morgan fingerprint density at radius 1 is 1.52 bits per heavy atom. The molecule has 5 nitrogen and oxygen atoms in total. The lowest BCUT2D eigenvalue weighted by Gasteiger charge is -2.34. The number of allylic oxidation sites excluding steroid dienone is 1. The van der Waals surface area contributed by atoms with Crippen molar-refractivity contribution in [3.05, 3.63) is 23.3 Å². The molecule has 7 atom stereocenters. The summed E-state index contributed by atoms with van der Waals surface area (Å²) < 4.78 is 11.5. The van der Waals surface area contributed by atoms with Crippen LogP contribution in [0.15, 0.2) is 23.3 Å². The quantitative estimate of drug-likeness (QED) is 0.794. The lowest BCUT2D eigenvalue weighted by atomic mass is 9.76. The average molecular weight is 348 g/mol. The van der Waals surface area contributed by atoms with Crippen molar-refractivity contribution >= 4 is 11.9 Å². The molecular formula is C20H28O5. The van der Waals surface area contributed by atoms with E-state index in [4.69, 9.17) is 9.47 Å². The number of carbonyl (C=O) groups is 2. The van der Waals surface area contributed by atoms with Gasteiger partial charge in [-0.3, -0.25) is 9.59 Å². The predicted octanol–water partition coefficient (Wildman–Crippen LogP) is 2.78. The van der Waals surface area contributed by atoms with Gasteiger partial charge < -0.3 is 14.6 Å². The summed E-state index contributed by atoms with van der Waals surface area (Å²) in [6.45, 7) is 9.38. The van der Waals surface area contributed by atoms with Gasteiger partial charge in [0.2, 0.25) is 0 Å². The van der Waals surface area contributed by atoms with Gasteiger partial charge in [-0.1, -0.05) is 38.5 Å². The topological polar surface area (TPSA) is 72.8 Å². The zero-order valence-electron chi connectivity index (χ0n) is 15.6. The number of aliphatic hydroxyl groups is 1. The Hall–Kier alpha value is -1.62. The summed E-state index contributed by atoms with van der Waals surface area (Å²) in [7, 11) is 0. The molecule has 3 aliphatic rings. The van der Waals surface area contributed by atoms with Crippen molar-refractivity contribution in [3.8, 4) is 0 Å². The van der Waals surface area contributed by atoms with Crippen LogP contribution in [0.3, 0.4) is 0 Å². The summed E-state index contributed by atoms with van der Waals surface area (Å²) in [4.78, 5) is 24.7. The maximum atomic E-state index is 12.4. The molecule has 0 bridgehead atoms. The fourth-order valence-electron chi connectivity index (χ4n) is 4.39. The van der Waals surface area contributed by atoms with Crippen LogP contribution in [0.5, 0.6) is 0 Å². The largest absolute Gasteiger partial charge is 0.461 e. The highest BCUT2D eigenvalue weighted by atomic mass is 16.6. The molecule has 0 unspecified atom stereocenters. The Morgan fingerprint density at radius 2 is 2.20 bits per heavy atom. The second-order valence-electron chi connectivity index (χ2n) is 8.03. The van der Waals surface area contributed by atoms with Gasteiger partial charge in [-0.25, -0.2) is 0 Å². The van der Waals surface area contributed by atoms with Gasteiger partial charge in [-0.15, -0.1) is 0 Å². The van der Waals surface area contributed by atoms with Crippen molar-refractivity contribution < 1.29 is 24.2 Å².